The molecule has 0 aromatic heterocycles. The zero-order valence-corrected chi connectivity index (χ0v) is 7.01. The third-order valence-corrected chi connectivity index (χ3v) is 1.91. The second-order valence-electron chi connectivity index (χ2n) is 2.84. The largest absolute Gasteiger partial charge is 0.302 e. The molecule has 2 heterocycles. The SMILES string of the molecule is C=CCC1(N)N=CN=C2N=CN=C21. The Morgan fingerprint density at radius 3 is 3.08 bits per heavy atom. The van der Waals surface area contributed by atoms with Crippen LogP contribution in [0.2, 0.25) is 0 Å². The van der Waals surface area contributed by atoms with Crippen LogP contribution < -0.4 is 5.73 Å². The van der Waals surface area contributed by atoms with Crippen LogP contribution in [0.4, 0.5) is 0 Å². The quantitative estimate of drug-likeness (QED) is 0.595. The predicted octanol–water partition coefficient (Wildman–Crippen LogP) is 0.141. The van der Waals surface area contributed by atoms with E-state index in [-0.39, 0.29) is 0 Å². The van der Waals surface area contributed by atoms with Crippen LogP contribution >= 0.6 is 0 Å². The van der Waals surface area contributed by atoms with Crippen LogP contribution in [0.5, 0.6) is 0 Å². The summed E-state index contributed by atoms with van der Waals surface area (Å²) in [6.07, 6.45) is 5.10. The lowest BCUT2D eigenvalue weighted by Crippen LogP contribution is -2.49. The van der Waals surface area contributed by atoms with Gasteiger partial charge in [0.05, 0.1) is 0 Å². The number of hydrogen-bond acceptors (Lipinski definition) is 5. The molecular formula is C8H9N5. The summed E-state index contributed by atoms with van der Waals surface area (Å²) in [5, 5.41) is 0. The Morgan fingerprint density at radius 1 is 1.46 bits per heavy atom. The normalized spacial score (nSPS) is 29.6. The van der Waals surface area contributed by atoms with Crippen molar-refractivity contribution < 1.29 is 0 Å². The minimum Gasteiger partial charge on any atom is -0.302 e. The maximum atomic E-state index is 5.99. The molecule has 0 fully saturated rings. The number of amidine groups is 1. The van der Waals surface area contributed by atoms with Gasteiger partial charge < -0.3 is 5.73 Å². The molecule has 0 saturated carbocycles. The van der Waals surface area contributed by atoms with Crippen LogP contribution in [-0.2, 0) is 0 Å². The number of nitrogens with two attached hydrogens (primary N) is 1. The Morgan fingerprint density at radius 2 is 2.31 bits per heavy atom. The molecule has 0 saturated heterocycles. The van der Waals surface area contributed by atoms with E-state index >= 15 is 0 Å². The lowest BCUT2D eigenvalue weighted by Gasteiger charge is -2.24. The molecular weight excluding hydrogens is 166 g/mol. The lowest BCUT2D eigenvalue weighted by atomic mass is 10.00. The van der Waals surface area contributed by atoms with Crippen LogP contribution in [-0.4, -0.2) is 29.9 Å². The van der Waals surface area contributed by atoms with Gasteiger partial charge in [-0.2, -0.15) is 0 Å². The third kappa shape index (κ3) is 1.13. The molecule has 1 unspecified atom stereocenters. The van der Waals surface area contributed by atoms with Gasteiger partial charge in [0.15, 0.2) is 11.5 Å². The van der Waals surface area contributed by atoms with E-state index in [1.165, 1.54) is 12.7 Å². The molecule has 2 N–H and O–H groups in total. The summed E-state index contributed by atoms with van der Waals surface area (Å²) < 4.78 is 0. The van der Waals surface area contributed by atoms with E-state index in [0.29, 0.717) is 18.0 Å². The Labute approximate surface area is 75.5 Å². The van der Waals surface area contributed by atoms with Crippen molar-refractivity contribution in [2.45, 2.75) is 12.1 Å². The van der Waals surface area contributed by atoms with Crippen molar-refractivity contribution in [1.29, 1.82) is 0 Å². The van der Waals surface area contributed by atoms with Gasteiger partial charge in [0.25, 0.3) is 0 Å². The molecule has 0 aromatic rings. The van der Waals surface area contributed by atoms with Crippen molar-refractivity contribution in [3.63, 3.8) is 0 Å². The summed E-state index contributed by atoms with van der Waals surface area (Å²) in [5.74, 6) is 0.555. The van der Waals surface area contributed by atoms with Crippen LogP contribution in [0, 0.1) is 0 Å². The molecule has 66 valence electrons. The van der Waals surface area contributed by atoms with Gasteiger partial charge >= 0.3 is 0 Å². The average Bonchev–Trinajstić information content (AvgIpc) is 2.54. The van der Waals surface area contributed by atoms with Crippen molar-refractivity contribution in [3.8, 4) is 0 Å². The molecule has 2 rings (SSSR count). The minimum atomic E-state index is -0.824. The lowest BCUT2D eigenvalue weighted by molar-refractivity contribution is 0.611. The molecule has 5 heteroatoms. The van der Waals surface area contributed by atoms with Gasteiger partial charge in [-0.15, -0.1) is 6.58 Å². The van der Waals surface area contributed by atoms with Crippen molar-refractivity contribution in [3.05, 3.63) is 12.7 Å². The molecule has 0 aliphatic carbocycles. The number of aliphatic imine (C=N–C) groups is 4. The summed E-state index contributed by atoms with van der Waals surface area (Å²) in [7, 11) is 0. The highest BCUT2D eigenvalue weighted by Gasteiger charge is 2.36. The second kappa shape index (κ2) is 2.70. The minimum absolute atomic E-state index is 0.532. The fourth-order valence-corrected chi connectivity index (χ4v) is 1.28. The monoisotopic (exact) mass is 175 g/mol. The Balaban J connectivity index is 2.39. The molecule has 5 nitrogen and oxygen atoms in total. The molecule has 0 aromatic carbocycles. The van der Waals surface area contributed by atoms with Gasteiger partial charge in [-0.05, 0) is 0 Å². The van der Waals surface area contributed by atoms with E-state index < -0.39 is 5.66 Å². The first kappa shape index (κ1) is 8.00. The fraction of sp³-hybridized carbons (Fsp3) is 0.250. The van der Waals surface area contributed by atoms with E-state index in [1.54, 1.807) is 6.08 Å². The molecule has 0 radical (unpaired) electrons. The van der Waals surface area contributed by atoms with Gasteiger partial charge in [-0.25, -0.2) is 20.0 Å². The molecule has 0 amide bonds. The van der Waals surface area contributed by atoms with E-state index in [4.69, 9.17) is 5.73 Å². The summed E-state index contributed by atoms with van der Waals surface area (Å²) in [5.41, 5.74) is 5.79. The number of fused-ring (bicyclic) bond motifs is 1. The summed E-state index contributed by atoms with van der Waals surface area (Å²) >= 11 is 0. The van der Waals surface area contributed by atoms with E-state index in [0.717, 1.165) is 0 Å². The van der Waals surface area contributed by atoms with Crippen molar-refractivity contribution in [1.82, 2.24) is 0 Å². The van der Waals surface area contributed by atoms with Gasteiger partial charge in [0, 0.05) is 6.42 Å². The number of nitrogens with zero attached hydrogens (tertiary/aromatic N) is 4. The van der Waals surface area contributed by atoms with Crippen LogP contribution in [0.1, 0.15) is 6.42 Å². The van der Waals surface area contributed by atoms with Gasteiger partial charge in [0.1, 0.15) is 18.4 Å². The maximum Gasteiger partial charge on any atom is 0.180 e. The number of hydrogen-bond donors (Lipinski definition) is 1. The first-order valence-electron chi connectivity index (χ1n) is 3.89. The Bertz CT molecular complexity index is 363. The maximum absolute atomic E-state index is 5.99. The molecule has 2 aliphatic rings. The summed E-state index contributed by atoms with van der Waals surface area (Å²) in [6.45, 7) is 3.62. The first-order chi connectivity index (χ1) is 6.26. The number of rotatable bonds is 2. The molecule has 0 spiro atoms. The van der Waals surface area contributed by atoms with Crippen LogP contribution in [0.25, 0.3) is 0 Å². The van der Waals surface area contributed by atoms with Crippen LogP contribution in [0.3, 0.4) is 0 Å². The second-order valence-corrected chi connectivity index (χ2v) is 2.84. The van der Waals surface area contributed by atoms with E-state index in [9.17, 15) is 0 Å². The van der Waals surface area contributed by atoms with Crippen molar-refractivity contribution in [2.24, 2.45) is 25.7 Å². The van der Waals surface area contributed by atoms with Gasteiger partial charge in [0.2, 0.25) is 0 Å². The fourth-order valence-electron chi connectivity index (χ4n) is 1.28. The smallest absolute Gasteiger partial charge is 0.180 e. The van der Waals surface area contributed by atoms with Gasteiger partial charge in [-0.3, -0.25) is 0 Å². The van der Waals surface area contributed by atoms with Crippen molar-refractivity contribution in [2.75, 3.05) is 0 Å². The zero-order valence-electron chi connectivity index (χ0n) is 7.01. The van der Waals surface area contributed by atoms with Crippen molar-refractivity contribution >= 4 is 24.2 Å². The molecule has 1 atom stereocenters. The summed E-state index contributed by atoms with van der Waals surface area (Å²) in [6, 6.07) is 0. The highest BCUT2D eigenvalue weighted by Crippen LogP contribution is 2.18. The standard InChI is InChI=1S/C8H9N5/c1-2-3-8(9)6-7(11-4-10-6)12-5-13-8/h2,4-5H,1,3,9H2. The van der Waals surface area contributed by atoms with E-state index in [2.05, 4.69) is 26.5 Å². The Hall–Kier alpha value is -1.62. The average molecular weight is 175 g/mol. The van der Waals surface area contributed by atoms with E-state index in [1.807, 2.05) is 0 Å². The highest BCUT2D eigenvalue weighted by molar-refractivity contribution is 6.50. The van der Waals surface area contributed by atoms with Crippen LogP contribution in [0.15, 0.2) is 32.6 Å². The molecule has 0 bridgehead atoms. The highest BCUT2D eigenvalue weighted by atomic mass is 15.2. The van der Waals surface area contributed by atoms with Gasteiger partial charge in [-0.1, -0.05) is 6.08 Å². The summed E-state index contributed by atoms with van der Waals surface area (Å²) in [4.78, 5) is 16.0. The predicted molar refractivity (Wildman–Crippen MR) is 53.6 cm³/mol. The molecule has 2 aliphatic heterocycles. The Kier molecular flexibility index (Phi) is 1.66. The zero-order chi connectivity index (χ0) is 9.31. The topological polar surface area (TPSA) is 75.5 Å². The molecule has 13 heavy (non-hydrogen) atoms. The third-order valence-electron chi connectivity index (χ3n) is 1.91. The first-order valence-corrected chi connectivity index (χ1v) is 3.89.